The zero-order valence-corrected chi connectivity index (χ0v) is 12.2. The van der Waals surface area contributed by atoms with Gasteiger partial charge in [0, 0.05) is 24.0 Å². The van der Waals surface area contributed by atoms with Crippen LogP contribution < -0.4 is 0 Å². The fraction of sp³-hybridized carbons (Fsp3) is 0.158. The van der Waals surface area contributed by atoms with Gasteiger partial charge in [-0.2, -0.15) is 0 Å². The Hall–Kier alpha value is -2.32. The van der Waals surface area contributed by atoms with Gasteiger partial charge in [0.15, 0.2) is 0 Å². The Morgan fingerprint density at radius 1 is 1.00 bits per heavy atom. The molecule has 0 aliphatic carbocycles. The molecule has 0 spiro atoms. The van der Waals surface area contributed by atoms with Gasteiger partial charge in [0.1, 0.15) is 5.58 Å². The van der Waals surface area contributed by atoms with Crippen molar-refractivity contribution in [3.8, 4) is 0 Å². The molecule has 0 atom stereocenters. The molecule has 0 aliphatic heterocycles. The van der Waals surface area contributed by atoms with Crippen LogP contribution in [0, 0.1) is 0 Å². The third-order valence-electron chi connectivity index (χ3n) is 3.53. The first-order valence-electron chi connectivity index (χ1n) is 7.18. The van der Waals surface area contributed by atoms with Crippen LogP contribution in [0.3, 0.4) is 0 Å². The Labute approximate surface area is 125 Å². The molecule has 2 heteroatoms. The lowest BCUT2D eigenvalue weighted by Gasteiger charge is -2.14. The third-order valence-corrected chi connectivity index (χ3v) is 3.53. The number of benzene rings is 2. The summed E-state index contributed by atoms with van der Waals surface area (Å²) in [5.41, 5.74) is 3.46. The van der Waals surface area contributed by atoms with Crippen molar-refractivity contribution < 1.29 is 4.42 Å². The van der Waals surface area contributed by atoms with Crippen LogP contribution in [0.15, 0.2) is 71.4 Å². The molecular weight excluding hydrogens is 258 g/mol. The van der Waals surface area contributed by atoms with Crippen LogP contribution in [0.5, 0.6) is 0 Å². The van der Waals surface area contributed by atoms with E-state index in [1.807, 2.05) is 12.1 Å². The van der Waals surface area contributed by atoms with Crippen molar-refractivity contribution in [2.24, 2.45) is 0 Å². The highest BCUT2D eigenvalue weighted by molar-refractivity contribution is 5.80. The van der Waals surface area contributed by atoms with Crippen molar-refractivity contribution >= 4 is 17.0 Å². The number of nitrogens with zero attached hydrogens (tertiary/aromatic N) is 1. The molecule has 21 heavy (non-hydrogen) atoms. The van der Waals surface area contributed by atoms with E-state index in [-0.39, 0.29) is 0 Å². The van der Waals surface area contributed by atoms with Crippen molar-refractivity contribution in [2.75, 3.05) is 13.6 Å². The van der Waals surface area contributed by atoms with Crippen LogP contribution >= 0.6 is 0 Å². The number of fused-ring (bicyclic) bond motifs is 1. The maximum absolute atomic E-state index is 5.58. The van der Waals surface area contributed by atoms with E-state index in [1.165, 1.54) is 16.5 Å². The molecule has 0 saturated heterocycles. The SMILES string of the molecule is CN(C/C=C/c1ccccc1)Cc1cccc2ccoc12. The van der Waals surface area contributed by atoms with Crippen LogP contribution in [0.4, 0.5) is 0 Å². The van der Waals surface area contributed by atoms with Crippen LogP contribution in [0.25, 0.3) is 17.0 Å². The maximum Gasteiger partial charge on any atom is 0.138 e. The van der Waals surface area contributed by atoms with Crippen LogP contribution in [-0.4, -0.2) is 18.5 Å². The highest BCUT2D eigenvalue weighted by atomic mass is 16.3. The second kappa shape index (κ2) is 6.42. The smallest absolute Gasteiger partial charge is 0.138 e. The number of furan rings is 1. The van der Waals surface area contributed by atoms with E-state index >= 15 is 0 Å². The van der Waals surface area contributed by atoms with Crippen molar-refractivity contribution in [2.45, 2.75) is 6.54 Å². The molecule has 0 unspecified atom stereocenters. The lowest BCUT2D eigenvalue weighted by atomic mass is 10.1. The van der Waals surface area contributed by atoms with Gasteiger partial charge in [0.2, 0.25) is 0 Å². The summed E-state index contributed by atoms with van der Waals surface area (Å²) in [5.74, 6) is 0. The van der Waals surface area contributed by atoms with Gasteiger partial charge in [-0.15, -0.1) is 0 Å². The first-order chi connectivity index (χ1) is 10.3. The standard InChI is InChI=1S/C19H19NO/c1-20(13-6-9-16-7-3-2-4-8-16)15-18-11-5-10-17-12-14-21-19(17)18/h2-12,14H,13,15H2,1H3/b9-6+. The summed E-state index contributed by atoms with van der Waals surface area (Å²) in [4.78, 5) is 2.27. The molecule has 1 aromatic heterocycles. The Kier molecular flexibility index (Phi) is 4.17. The van der Waals surface area contributed by atoms with Gasteiger partial charge >= 0.3 is 0 Å². The molecule has 2 nitrogen and oxygen atoms in total. The zero-order chi connectivity index (χ0) is 14.5. The lowest BCUT2D eigenvalue weighted by molar-refractivity contribution is 0.363. The molecule has 0 aliphatic rings. The van der Waals surface area contributed by atoms with Gasteiger partial charge in [-0.1, -0.05) is 60.7 Å². The van der Waals surface area contributed by atoms with Gasteiger partial charge in [-0.05, 0) is 18.7 Å². The van der Waals surface area contributed by atoms with Crippen molar-refractivity contribution in [1.82, 2.24) is 4.90 Å². The molecule has 3 aromatic rings. The first kappa shape index (κ1) is 13.7. The van der Waals surface area contributed by atoms with Crippen LogP contribution in [0.1, 0.15) is 11.1 Å². The number of likely N-dealkylation sites (N-methyl/N-ethyl adjacent to an activating group) is 1. The zero-order valence-electron chi connectivity index (χ0n) is 12.2. The Balaban J connectivity index is 1.63. The Morgan fingerprint density at radius 2 is 1.86 bits per heavy atom. The summed E-state index contributed by atoms with van der Waals surface area (Å²) in [5, 5.41) is 1.17. The second-order valence-corrected chi connectivity index (χ2v) is 5.27. The minimum absolute atomic E-state index is 0.879. The topological polar surface area (TPSA) is 16.4 Å². The summed E-state index contributed by atoms with van der Waals surface area (Å²) in [7, 11) is 2.12. The molecule has 0 bridgehead atoms. The van der Waals surface area contributed by atoms with E-state index in [0.29, 0.717) is 0 Å². The van der Waals surface area contributed by atoms with Gasteiger partial charge in [-0.25, -0.2) is 0 Å². The van der Waals surface area contributed by atoms with Gasteiger partial charge in [0.05, 0.1) is 6.26 Å². The summed E-state index contributed by atoms with van der Waals surface area (Å²) < 4.78 is 5.58. The Morgan fingerprint density at radius 3 is 2.71 bits per heavy atom. The van der Waals surface area contributed by atoms with E-state index in [2.05, 4.69) is 66.6 Å². The van der Waals surface area contributed by atoms with Crippen LogP contribution in [0.2, 0.25) is 0 Å². The fourth-order valence-corrected chi connectivity index (χ4v) is 2.47. The average Bonchev–Trinajstić information content (AvgIpc) is 2.98. The van der Waals surface area contributed by atoms with E-state index in [4.69, 9.17) is 4.42 Å². The molecule has 0 saturated carbocycles. The van der Waals surface area contributed by atoms with E-state index in [0.717, 1.165) is 18.7 Å². The van der Waals surface area contributed by atoms with Gasteiger partial charge in [-0.3, -0.25) is 4.90 Å². The maximum atomic E-state index is 5.58. The monoisotopic (exact) mass is 277 g/mol. The molecule has 1 heterocycles. The summed E-state index contributed by atoms with van der Waals surface area (Å²) in [6.07, 6.45) is 6.10. The Bertz CT molecular complexity index is 727. The average molecular weight is 277 g/mol. The minimum atomic E-state index is 0.879. The predicted octanol–water partition coefficient (Wildman–Crippen LogP) is 4.58. The number of para-hydroxylation sites is 1. The van der Waals surface area contributed by atoms with Crippen molar-refractivity contribution in [3.05, 3.63) is 78.1 Å². The third kappa shape index (κ3) is 3.41. The number of hydrogen-bond donors (Lipinski definition) is 0. The largest absolute Gasteiger partial charge is 0.464 e. The molecule has 3 rings (SSSR count). The van der Waals surface area contributed by atoms with E-state index < -0.39 is 0 Å². The summed E-state index contributed by atoms with van der Waals surface area (Å²) in [6, 6.07) is 18.7. The summed E-state index contributed by atoms with van der Waals surface area (Å²) >= 11 is 0. The minimum Gasteiger partial charge on any atom is -0.464 e. The van der Waals surface area contributed by atoms with E-state index in [1.54, 1.807) is 6.26 Å². The molecular formula is C19H19NO. The highest BCUT2D eigenvalue weighted by Crippen LogP contribution is 2.20. The normalized spacial score (nSPS) is 11.7. The van der Waals surface area contributed by atoms with E-state index in [9.17, 15) is 0 Å². The van der Waals surface area contributed by atoms with Gasteiger partial charge < -0.3 is 4.42 Å². The van der Waals surface area contributed by atoms with Crippen molar-refractivity contribution in [3.63, 3.8) is 0 Å². The predicted molar refractivity (Wildman–Crippen MR) is 88.0 cm³/mol. The highest BCUT2D eigenvalue weighted by Gasteiger charge is 2.05. The summed E-state index contributed by atoms with van der Waals surface area (Å²) in [6.45, 7) is 1.79. The molecule has 106 valence electrons. The molecule has 0 amide bonds. The first-order valence-corrected chi connectivity index (χ1v) is 7.18. The number of hydrogen-bond acceptors (Lipinski definition) is 2. The lowest BCUT2D eigenvalue weighted by Crippen LogP contribution is -2.17. The fourth-order valence-electron chi connectivity index (χ4n) is 2.47. The molecule has 0 N–H and O–H groups in total. The molecule has 0 radical (unpaired) electrons. The van der Waals surface area contributed by atoms with Crippen molar-refractivity contribution in [1.29, 1.82) is 0 Å². The van der Waals surface area contributed by atoms with Crippen LogP contribution in [-0.2, 0) is 6.54 Å². The van der Waals surface area contributed by atoms with Gasteiger partial charge in [0.25, 0.3) is 0 Å². The quantitative estimate of drug-likeness (QED) is 0.679. The second-order valence-electron chi connectivity index (χ2n) is 5.27. The molecule has 2 aromatic carbocycles. The number of rotatable bonds is 5. The molecule has 0 fully saturated rings.